The van der Waals surface area contributed by atoms with Crippen LogP contribution >= 0.6 is 0 Å². The third-order valence-corrected chi connectivity index (χ3v) is 2.88. The highest BCUT2D eigenvalue weighted by Crippen LogP contribution is 2.21. The van der Waals surface area contributed by atoms with E-state index in [1.54, 1.807) is 12.4 Å². The molecule has 0 saturated carbocycles. The smallest absolute Gasteiger partial charge is 0.213 e. The van der Waals surface area contributed by atoms with E-state index in [2.05, 4.69) is 11.1 Å². The molecule has 4 nitrogen and oxygen atoms in total. The van der Waals surface area contributed by atoms with Crippen LogP contribution in [0.5, 0.6) is 0 Å². The monoisotopic (exact) mass is 226 g/mol. The van der Waals surface area contributed by atoms with Crippen molar-refractivity contribution in [3.05, 3.63) is 53.6 Å². The highest BCUT2D eigenvalue weighted by atomic mass is 15.1. The first-order valence-electron chi connectivity index (χ1n) is 5.46. The van der Waals surface area contributed by atoms with Crippen LogP contribution in [-0.2, 0) is 0 Å². The van der Waals surface area contributed by atoms with Crippen molar-refractivity contribution in [2.45, 2.75) is 13.0 Å². The molecule has 0 spiro atoms. The fourth-order valence-electron chi connectivity index (χ4n) is 2.00. The molecule has 2 aromatic rings. The zero-order valence-electron chi connectivity index (χ0n) is 9.67. The van der Waals surface area contributed by atoms with E-state index in [-0.39, 0.29) is 6.04 Å². The van der Waals surface area contributed by atoms with Crippen LogP contribution in [0.2, 0.25) is 0 Å². The highest BCUT2D eigenvalue weighted by Gasteiger charge is 2.16. The van der Waals surface area contributed by atoms with Crippen molar-refractivity contribution >= 4 is 0 Å². The van der Waals surface area contributed by atoms with Crippen LogP contribution in [0.3, 0.4) is 0 Å². The first-order chi connectivity index (χ1) is 8.27. The summed E-state index contributed by atoms with van der Waals surface area (Å²) in [6, 6.07) is 10.1. The van der Waals surface area contributed by atoms with E-state index in [1.807, 2.05) is 35.8 Å². The second kappa shape index (κ2) is 4.81. The normalized spacial score (nSPS) is 12.1. The third kappa shape index (κ3) is 2.05. The second-order valence-electron chi connectivity index (χ2n) is 3.88. The van der Waals surface area contributed by atoms with E-state index in [4.69, 9.17) is 11.0 Å². The predicted molar refractivity (Wildman–Crippen MR) is 65.3 cm³/mol. The van der Waals surface area contributed by atoms with Gasteiger partial charge in [-0.2, -0.15) is 5.26 Å². The molecule has 0 bridgehead atoms. The molecule has 0 saturated heterocycles. The van der Waals surface area contributed by atoms with E-state index in [9.17, 15) is 0 Å². The number of imidazole rings is 1. The minimum Gasteiger partial charge on any atom is -0.328 e. The Morgan fingerprint density at radius 2 is 2.24 bits per heavy atom. The molecule has 86 valence electrons. The molecule has 1 heterocycles. The Morgan fingerprint density at radius 3 is 2.88 bits per heavy atom. The number of hydrogen-bond acceptors (Lipinski definition) is 3. The molecule has 4 heteroatoms. The predicted octanol–water partition coefficient (Wildman–Crippen LogP) is 1.61. The number of benzene rings is 1. The molecule has 1 aromatic heterocycles. The fourth-order valence-corrected chi connectivity index (χ4v) is 2.00. The average Bonchev–Trinajstić information content (AvgIpc) is 2.81. The van der Waals surface area contributed by atoms with Crippen LogP contribution in [-0.4, -0.2) is 16.1 Å². The van der Waals surface area contributed by atoms with Crippen molar-refractivity contribution in [3.8, 4) is 6.07 Å². The highest BCUT2D eigenvalue weighted by molar-refractivity contribution is 5.31. The quantitative estimate of drug-likeness (QED) is 0.864. The summed E-state index contributed by atoms with van der Waals surface area (Å²) < 4.78 is 1.82. The summed E-state index contributed by atoms with van der Waals surface area (Å²) in [6.45, 7) is 2.48. The maximum atomic E-state index is 8.99. The second-order valence-corrected chi connectivity index (χ2v) is 3.88. The zero-order valence-corrected chi connectivity index (χ0v) is 9.67. The molecule has 17 heavy (non-hydrogen) atoms. The van der Waals surface area contributed by atoms with E-state index >= 15 is 0 Å². The lowest BCUT2D eigenvalue weighted by molar-refractivity contribution is 0.584. The molecule has 0 radical (unpaired) electrons. The molecule has 2 N–H and O–H groups in total. The number of aromatic nitrogens is 2. The molecule has 1 aromatic carbocycles. The molecule has 0 fully saturated rings. The van der Waals surface area contributed by atoms with Crippen molar-refractivity contribution in [2.75, 3.05) is 6.54 Å². The van der Waals surface area contributed by atoms with Crippen molar-refractivity contribution in [1.29, 1.82) is 5.26 Å². The number of nitriles is 1. The van der Waals surface area contributed by atoms with Crippen molar-refractivity contribution in [3.63, 3.8) is 0 Å². The van der Waals surface area contributed by atoms with E-state index < -0.39 is 0 Å². The Bertz CT molecular complexity index is 549. The summed E-state index contributed by atoms with van der Waals surface area (Å²) in [5, 5.41) is 8.99. The lowest BCUT2D eigenvalue weighted by Gasteiger charge is -2.19. The number of aryl methyl sites for hydroxylation is 1. The summed E-state index contributed by atoms with van der Waals surface area (Å²) in [7, 11) is 0. The first-order valence-corrected chi connectivity index (χ1v) is 5.46. The van der Waals surface area contributed by atoms with Gasteiger partial charge in [-0.1, -0.05) is 24.3 Å². The van der Waals surface area contributed by atoms with Gasteiger partial charge in [-0.05, 0) is 18.1 Å². The van der Waals surface area contributed by atoms with Crippen LogP contribution in [0.1, 0.15) is 23.0 Å². The number of rotatable bonds is 3. The van der Waals surface area contributed by atoms with Crippen LogP contribution in [0.15, 0.2) is 36.7 Å². The van der Waals surface area contributed by atoms with Gasteiger partial charge in [0.25, 0.3) is 0 Å². The summed E-state index contributed by atoms with van der Waals surface area (Å²) in [5.41, 5.74) is 8.13. The van der Waals surface area contributed by atoms with Gasteiger partial charge in [-0.3, -0.25) is 0 Å². The van der Waals surface area contributed by atoms with Gasteiger partial charge >= 0.3 is 0 Å². The van der Waals surface area contributed by atoms with Gasteiger partial charge in [0.2, 0.25) is 5.82 Å². The summed E-state index contributed by atoms with van der Waals surface area (Å²) >= 11 is 0. The van der Waals surface area contributed by atoms with Gasteiger partial charge in [0, 0.05) is 18.9 Å². The van der Waals surface area contributed by atoms with Crippen LogP contribution < -0.4 is 5.73 Å². The topological polar surface area (TPSA) is 67.6 Å². The minimum absolute atomic E-state index is 0.0339. The van der Waals surface area contributed by atoms with Gasteiger partial charge < -0.3 is 10.3 Å². The standard InChI is InChI=1S/C13H14N4/c1-10-4-2-3-5-11(10)12(8-14)17-7-6-16-13(17)9-15/h2-7,12H,8,14H2,1H3. The third-order valence-electron chi connectivity index (χ3n) is 2.88. The molecule has 0 aliphatic rings. The van der Waals surface area contributed by atoms with Gasteiger partial charge in [0.05, 0.1) is 6.04 Å². The fraction of sp³-hybridized carbons (Fsp3) is 0.231. The summed E-state index contributed by atoms with van der Waals surface area (Å²) in [4.78, 5) is 4.00. The van der Waals surface area contributed by atoms with E-state index in [0.717, 1.165) is 5.56 Å². The molecular formula is C13H14N4. The van der Waals surface area contributed by atoms with Crippen LogP contribution in [0.4, 0.5) is 0 Å². The van der Waals surface area contributed by atoms with E-state index in [0.29, 0.717) is 12.4 Å². The van der Waals surface area contributed by atoms with Crippen molar-refractivity contribution in [2.24, 2.45) is 5.73 Å². The average molecular weight is 226 g/mol. The number of nitrogens with zero attached hydrogens (tertiary/aromatic N) is 3. The maximum absolute atomic E-state index is 8.99. The van der Waals surface area contributed by atoms with Gasteiger partial charge in [0.15, 0.2) is 0 Å². The van der Waals surface area contributed by atoms with Crippen LogP contribution in [0.25, 0.3) is 0 Å². The van der Waals surface area contributed by atoms with Gasteiger partial charge in [-0.25, -0.2) is 4.98 Å². The largest absolute Gasteiger partial charge is 0.328 e. The maximum Gasteiger partial charge on any atom is 0.213 e. The Hall–Kier alpha value is -2.12. The Morgan fingerprint density at radius 1 is 1.47 bits per heavy atom. The molecule has 1 unspecified atom stereocenters. The number of hydrogen-bond donors (Lipinski definition) is 1. The van der Waals surface area contributed by atoms with Crippen LogP contribution in [0, 0.1) is 18.3 Å². The molecule has 1 atom stereocenters. The van der Waals surface area contributed by atoms with Gasteiger partial charge in [-0.15, -0.1) is 0 Å². The lowest BCUT2D eigenvalue weighted by atomic mass is 10.0. The Kier molecular flexibility index (Phi) is 3.22. The molecule has 0 aliphatic carbocycles. The van der Waals surface area contributed by atoms with Crippen molar-refractivity contribution < 1.29 is 0 Å². The molecule has 2 rings (SSSR count). The molecule has 0 aliphatic heterocycles. The van der Waals surface area contributed by atoms with Crippen molar-refractivity contribution in [1.82, 2.24) is 9.55 Å². The minimum atomic E-state index is -0.0339. The number of nitrogens with two attached hydrogens (primary N) is 1. The summed E-state index contributed by atoms with van der Waals surface area (Å²) in [5.74, 6) is 0.392. The molecular weight excluding hydrogens is 212 g/mol. The lowest BCUT2D eigenvalue weighted by Crippen LogP contribution is -2.21. The van der Waals surface area contributed by atoms with E-state index in [1.165, 1.54) is 5.56 Å². The Labute approximate surface area is 100 Å². The SMILES string of the molecule is Cc1ccccc1C(CN)n1ccnc1C#N. The Balaban J connectivity index is 2.49. The van der Waals surface area contributed by atoms with Gasteiger partial charge in [0.1, 0.15) is 6.07 Å². The zero-order chi connectivity index (χ0) is 12.3. The summed E-state index contributed by atoms with van der Waals surface area (Å²) in [6.07, 6.45) is 3.42. The first kappa shape index (κ1) is 11.4. The molecule has 0 amide bonds.